The molecule has 0 saturated heterocycles. The van der Waals surface area contributed by atoms with Crippen LogP contribution in [0.2, 0.25) is 0 Å². The Balaban J connectivity index is 2.58. The smallest absolute Gasteiger partial charge is 0.207 e. The maximum atomic E-state index is 9.96. The Labute approximate surface area is 59.0 Å². The third-order valence-corrected chi connectivity index (χ3v) is 1.29. The average Bonchev–Trinajstić information content (AvgIpc) is 2.38. The molecule has 0 aliphatic carbocycles. The molecule has 3 heteroatoms. The minimum atomic E-state index is -0.0347. The summed E-state index contributed by atoms with van der Waals surface area (Å²) < 4.78 is 5.03. The van der Waals surface area contributed by atoms with Crippen molar-refractivity contribution in [2.24, 2.45) is 0 Å². The van der Waals surface area contributed by atoms with Crippen LogP contribution in [0, 0.1) is 0 Å². The fourth-order valence-corrected chi connectivity index (χ4v) is 0.722. The Morgan fingerprint density at radius 2 is 2.60 bits per heavy atom. The van der Waals surface area contributed by atoms with Gasteiger partial charge in [0, 0.05) is 0 Å². The van der Waals surface area contributed by atoms with Gasteiger partial charge in [-0.25, -0.2) is 0 Å². The van der Waals surface area contributed by atoms with Crippen LogP contribution in [-0.4, -0.2) is 6.41 Å². The second-order valence-electron chi connectivity index (χ2n) is 2.02. The van der Waals surface area contributed by atoms with E-state index in [0.717, 1.165) is 5.76 Å². The van der Waals surface area contributed by atoms with Gasteiger partial charge in [0.15, 0.2) is 0 Å². The molecule has 0 spiro atoms. The molecule has 0 radical (unpaired) electrons. The molecule has 10 heavy (non-hydrogen) atoms. The number of carbonyl (C=O) groups excluding carboxylic acids is 1. The fourth-order valence-electron chi connectivity index (χ4n) is 0.722. The Morgan fingerprint density at radius 1 is 1.80 bits per heavy atom. The minimum absolute atomic E-state index is 0.0347. The first-order chi connectivity index (χ1) is 4.84. The molecule has 0 bridgehead atoms. The molecule has 54 valence electrons. The molecule has 1 heterocycles. The maximum Gasteiger partial charge on any atom is 0.207 e. The van der Waals surface area contributed by atoms with Crippen LogP contribution in [0.4, 0.5) is 0 Å². The van der Waals surface area contributed by atoms with Gasteiger partial charge >= 0.3 is 0 Å². The van der Waals surface area contributed by atoms with Crippen molar-refractivity contribution in [2.75, 3.05) is 0 Å². The minimum Gasteiger partial charge on any atom is -0.467 e. The van der Waals surface area contributed by atoms with Crippen molar-refractivity contribution >= 4 is 6.41 Å². The maximum absolute atomic E-state index is 9.96. The summed E-state index contributed by atoms with van der Waals surface area (Å²) in [6.07, 6.45) is 2.24. The van der Waals surface area contributed by atoms with Crippen molar-refractivity contribution in [3.8, 4) is 0 Å². The topological polar surface area (TPSA) is 42.2 Å². The number of hydrogen-bond donors (Lipinski definition) is 1. The van der Waals surface area contributed by atoms with Gasteiger partial charge in [-0.05, 0) is 19.1 Å². The van der Waals surface area contributed by atoms with Gasteiger partial charge < -0.3 is 9.73 Å². The highest BCUT2D eigenvalue weighted by atomic mass is 16.3. The van der Waals surface area contributed by atoms with Crippen molar-refractivity contribution in [3.63, 3.8) is 0 Å². The lowest BCUT2D eigenvalue weighted by atomic mass is 10.3. The van der Waals surface area contributed by atoms with Gasteiger partial charge in [0.05, 0.1) is 12.3 Å². The lowest BCUT2D eigenvalue weighted by Gasteiger charge is -2.04. The fraction of sp³-hybridized carbons (Fsp3) is 0.286. The molecule has 1 unspecified atom stereocenters. The average molecular weight is 139 g/mol. The molecule has 0 aliphatic heterocycles. The highest BCUT2D eigenvalue weighted by molar-refractivity contribution is 5.46. The Kier molecular flexibility index (Phi) is 2.10. The quantitative estimate of drug-likeness (QED) is 0.637. The monoisotopic (exact) mass is 139 g/mol. The summed E-state index contributed by atoms with van der Waals surface area (Å²) in [7, 11) is 0. The lowest BCUT2D eigenvalue weighted by Crippen LogP contribution is -2.15. The predicted molar refractivity (Wildman–Crippen MR) is 36.3 cm³/mol. The number of rotatable bonds is 3. The molecule has 0 saturated carbocycles. The predicted octanol–water partition coefficient (Wildman–Crippen LogP) is 1.09. The van der Waals surface area contributed by atoms with Crippen molar-refractivity contribution in [1.29, 1.82) is 0 Å². The summed E-state index contributed by atoms with van der Waals surface area (Å²) in [6.45, 7) is 1.85. The second-order valence-corrected chi connectivity index (χ2v) is 2.02. The van der Waals surface area contributed by atoms with Gasteiger partial charge in [0.1, 0.15) is 5.76 Å². The standard InChI is InChI=1S/C7H9NO2/c1-6(8-5-9)7-3-2-4-10-7/h2-6H,1H3,(H,8,9). The third-order valence-electron chi connectivity index (χ3n) is 1.29. The molecular formula is C7H9NO2. The second kappa shape index (κ2) is 3.06. The van der Waals surface area contributed by atoms with Crippen LogP contribution < -0.4 is 5.32 Å². The molecule has 1 atom stereocenters. The summed E-state index contributed by atoms with van der Waals surface area (Å²) in [5.74, 6) is 0.770. The number of carbonyl (C=O) groups is 1. The van der Waals surface area contributed by atoms with E-state index >= 15 is 0 Å². The summed E-state index contributed by atoms with van der Waals surface area (Å²) in [4.78, 5) is 9.96. The largest absolute Gasteiger partial charge is 0.467 e. The molecule has 1 rings (SSSR count). The van der Waals surface area contributed by atoms with E-state index in [9.17, 15) is 4.79 Å². The molecule has 0 aliphatic rings. The van der Waals surface area contributed by atoms with E-state index in [-0.39, 0.29) is 6.04 Å². The Bertz CT molecular complexity index is 193. The lowest BCUT2D eigenvalue weighted by molar-refractivity contribution is -0.110. The van der Waals surface area contributed by atoms with E-state index in [1.165, 1.54) is 0 Å². The first kappa shape index (κ1) is 6.86. The first-order valence-electron chi connectivity index (χ1n) is 3.07. The van der Waals surface area contributed by atoms with Crippen LogP contribution >= 0.6 is 0 Å². The zero-order chi connectivity index (χ0) is 7.40. The summed E-state index contributed by atoms with van der Waals surface area (Å²) in [5.41, 5.74) is 0. The van der Waals surface area contributed by atoms with Crippen LogP contribution in [0.25, 0.3) is 0 Å². The Hall–Kier alpha value is -1.25. The van der Waals surface area contributed by atoms with Crippen LogP contribution in [0.3, 0.4) is 0 Å². The number of amides is 1. The molecule has 1 N–H and O–H groups in total. The zero-order valence-corrected chi connectivity index (χ0v) is 5.70. The van der Waals surface area contributed by atoms with Gasteiger partial charge in [-0.2, -0.15) is 0 Å². The molecule has 3 nitrogen and oxygen atoms in total. The first-order valence-corrected chi connectivity index (χ1v) is 3.07. The SMILES string of the molecule is CC(NC=O)c1ccco1. The number of furan rings is 1. The normalized spacial score (nSPS) is 12.5. The summed E-state index contributed by atoms with van der Waals surface area (Å²) >= 11 is 0. The van der Waals surface area contributed by atoms with E-state index < -0.39 is 0 Å². The van der Waals surface area contributed by atoms with Gasteiger partial charge in [-0.15, -0.1) is 0 Å². The van der Waals surface area contributed by atoms with Crippen molar-refractivity contribution in [2.45, 2.75) is 13.0 Å². The van der Waals surface area contributed by atoms with E-state index in [1.54, 1.807) is 12.3 Å². The molecule has 1 aromatic rings. The van der Waals surface area contributed by atoms with Crippen LogP contribution in [0.5, 0.6) is 0 Å². The summed E-state index contributed by atoms with van der Waals surface area (Å²) in [5, 5.41) is 2.57. The van der Waals surface area contributed by atoms with E-state index in [1.807, 2.05) is 13.0 Å². The van der Waals surface area contributed by atoms with E-state index in [2.05, 4.69) is 5.32 Å². The van der Waals surface area contributed by atoms with E-state index in [0.29, 0.717) is 6.41 Å². The van der Waals surface area contributed by atoms with Gasteiger partial charge in [0.2, 0.25) is 6.41 Å². The number of nitrogens with one attached hydrogen (secondary N) is 1. The van der Waals surface area contributed by atoms with Gasteiger partial charge in [-0.1, -0.05) is 0 Å². The van der Waals surface area contributed by atoms with Crippen molar-refractivity contribution in [1.82, 2.24) is 5.32 Å². The van der Waals surface area contributed by atoms with E-state index in [4.69, 9.17) is 4.42 Å². The zero-order valence-electron chi connectivity index (χ0n) is 5.70. The molecule has 0 fully saturated rings. The third kappa shape index (κ3) is 1.37. The molecular weight excluding hydrogens is 130 g/mol. The number of hydrogen-bond acceptors (Lipinski definition) is 2. The van der Waals surface area contributed by atoms with Crippen LogP contribution in [-0.2, 0) is 4.79 Å². The Morgan fingerprint density at radius 3 is 3.10 bits per heavy atom. The van der Waals surface area contributed by atoms with Gasteiger partial charge in [-0.3, -0.25) is 4.79 Å². The van der Waals surface area contributed by atoms with Crippen LogP contribution in [0.15, 0.2) is 22.8 Å². The van der Waals surface area contributed by atoms with Crippen molar-refractivity contribution < 1.29 is 9.21 Å². The summed E-state index contributed by atoms with van der Waals surface area (Å²) in [6, 6.07) is 3.58. The molecule has 1 amide bonds. The molecule has 1 aromatic heterocycles. The highest BCUT2D eigenvalue weighted by Crippen LogP contribution is 2.10. The van der Waals surface area contributed by atoms with Gasteiger partial charge in [0.25, 0.3) is 0 Å². The highest BCUT2D eigenvalue weighted by Gasteiger charge is 2.04. The van der Waals surface area contributed by atoms with Crippen LogP contribution in [0.1, 0.15) is 18.7 Å². The molecule has 0 aromatic carbocycles. The van der Waals surface area contributed by atoms with Crippen molar-refractivity contribution in [3.05, 3.63) is 24.2 Å².